The molecule has 3 amide bonds. The molecule has 1 saturated heterocycles. The van der Waals surface area contributed by atoms with E-state index in [1.807, 2.05) is 25.2 Å². The highest BCUT2D eigenvalue weighted by Gasteiger charge is 2.31. The predicted octanol–water partition coefficient (Wildman–Crippen LogP) is 2.36. The summed E-state index contributed by atoms with van der Waals surface area (Å²) in [6.07, 6.45) is 0.206. The molecule has 6 nitrogen and oxygen atoms in total. The van der Waals surface area contributed by atoms with Crippen LogP contribution in [0.4, 0.5) is 14.9 Å². The fourth-order valence-electron chi connectivity index (χ4n) is 3.27. The van der Waals surface area contributed by atoms with Gasteiger partial charge in [0.05, 0.1) is 6.04 Å². The van der Waals surface area contributed by atoms with E-state index in [-0.39, 0.29) is 30.2 Å². The molecule has 3 rings (SSSR count). The third-order valence-electron chi connectivity index (χ3n) is 4.65. The third kappa shape index (κ3) is 5.53. The molecule has 1 atom stereocenters. The van der Waals surface area contributed by atoms with Crippen molar-refractivity contribution in [1.82, 2.24) is 15.5 Å². The van der Waals surface area contributed by atoms with Gasteiger partial charge in [-0.25, -0.2) is 9.18 Å². The van der Waals surface area contributed by atoms with Crippen LogP contribution in [-0.4, -0.2) is 49.6 Å². The Kier molecular flexibility index (Phi) is 6.60. The van der Waals surface area contributed by atoms with Crippen LogP contribution in [-0.2, 0) is 11.3 Å². The van der Waals surface area contributed by atoms with Crippen LogP contribution in [0.3, 0.4) is 0 Å². The molecule has 148 valence electrons. The van der Waals surface area contributed by atoms with Gasteiger partial charge in [0, 0.05) is 38.3 Å². The van der Waals surface area contributed by atoms with E-state index in [1.165, 1.54) is 22.6 Å². The summed E-state index contributed by atoms with van der Waals surface area (Å²) < 4.78 is 13.4. The van der Waals surface area contributed by atoms with E-state index >= 15 is 0 Å². The number of halogens is 1. The smallest absolute Gasteiger partial charge is 0.315 e. The normalized spacial score (nSPS) is 16.5. The molecule has 1 heterocycles. The first-order valence-electron chi connectivity index (χ1n) is 9.34. The highest BCUT2D eigenvalue weighted by Crippen LogP contribution is 2.22. The number of amides is 3. The molecule has 0 aliphatic carbocycles. The van der Waals surface area contributed by atoms with Gasteiger partial charge in [-0.05, 0) is 30.8 Å². The lowest BCUT2D eigenvalue weighted by Gasteiger charge is -2.19. The second-order valence-electron chi connectivity index (χ2n) is 7.01. The Bertz CT molecular complexity index is 815. The molecular weight excluding hydrogens is 359 g/mol. The zero-order chi connectivity index (χ0) is 19.9. The average Bonchev–Trinajstić information content (AvgIpc) is 3.02. The summed E-state index contributed by atoms with van der Waals surface area (Å²) in [6, 6.07) is 15.4. The van der Waals surface area contributed by atoms with Crippen LogP contribution in [0.25, 0.3) is 0 Å². The lowest BCUT2D eigenvalue weighted by molar-refractivity contribution is -0.117. The van der Waals surface area contributed by atoms with E-state index in [9.17, 15) is 14.0 Å². The van der Waals surface area contributed by atoms with Gasteiger partial charge in [0.25, 0.3) is 0 Å². The van der Waals surface area contributed by atoms with Crippen molar-refractivity contribution in [1.29, 1.82) is 0 Å². The van der Waals surface area contributed by atoms with Crippen molar-refractivity contribution in [2.75, 3.05) is 31.6 Å². The van der Waals surface area contributed by atoms with Crippen LogP contribution >= 0.6 is 0 Å². The van der Waals surface area contributed by atoms with Crippen molar-refractivity contribution in [2.24, 2.45) is 0 Å². The second-order valence-corrected chi connectivity index (χ2v) is 7.01. The molecule has 1 aliphatic rings. The largest absolute Gasteiger partial charge is 0.337 e. The van der Waals surface area contributed by atoms with Gasteiger partial charge in [0.2, 0.25) is 5.91 Å². The number of anilines is 1. The number of carbonyl (C=O) groups is 2. The number of nitrogens with one attached hydrogen (secondary N) is 2. The van der Waals surface area contributed by atoms with E-state index in [4.69, 9.17) is 0 Å². The van der Waals surface area contributed by atoms with Gasteiger partial charge in [0.1, 0.15) is 5.82 Å². The quantitative estimate of drug-likeness (QED) is 0.770. The maximum Gasteiger partial charge on any atom is 0.315 e. The molecule has 0 spiro atoms. The number of urea groups is 1. The van der Waals surface area contributed by atoms with Gasteiger partial charge in [-0.2, -0.15) is 0 Å². The molecule has 1 fully saturated rings. The average molecular weight is 384 g/mol. The van der Waals surface area contributed by atoms with E-state index in [2.05, 4.69) is 27.7 Å². The summed E-state index contributed by atoms with van der Waals surface area (Å²) in [5, 5.41) is 5.65. The van der Waals surface area contributed by atoms with Crippen molar-refractivity contribution >= 4 is 17.6 Å². The van der Waals surface area contributed by atoms with Crippen molar-refractivity contribution in [3.63, 3.8) is 0 Å². The zero-order valence-corrected chi connectivity index (χ0v) is 15.9. The molecule has 7 heteroatoms. The summed E-state index contributed by atoms with van der Waals surface area (Å²) in [5.74, 6) is -0.516. The molecule has 0 bridgehead atoms. The van der Waals surface area contributed by atoms with Crippen LogP contribution < -0.4 is 15.5 Å². The number of hydrogen-bond donors (Lipinski definition) is 2. The number of nitrogens with zero attached hydrogens (tertiary/aromatic N) is 2. The molecule has 0 unspecified atom stereocenters. The lowest BCUT2D eigenvalue weighted by atomic mass is 10.2. The minimum Gasteiger partial charge on any atom is -0.337 e. The van der Waals surface area contributed by atoms with Crippen LogP contribution in [0.2, 0.25) is 0 Å². The number of benzene rings is 2. The Morgan fingerprint density at radius 1 is 1.21 bits per heavy atom. The minimum atomic E-state index is -0.390. The Balaban J connectivity index is 1.40. The summed E-state index contributed by atoms with van der Waals surface area (Å²) in [7, 11) is 2.00. The predicted molar refractivity (Wildman–Crippen MR) is 106 cm³/mol. The number of likely N-dealkylation sites (N-methyl/N-ethyl adjacent to an activating group) is 1. The molecule has 2 aromatic carbocycles. The first-order valence-corrected chi connectivity index (χ1v) is 9.34. The van der Waals surface area contributed by atoms with Gasteiger partial charge in [0.15, 0.2) is 0 Å². The molecule has 2 aromatic rings. The van der Waals surface area contributed by atoms with E-state index in [0.29, 0.717) is 25.3 Å². The summed E-state index contributed by atoms with van der Waals surface area (Å²) in [5.41, 5.74) is 1.73. The molecule has 0 radical (unpaired) electrons. The van der Waals surface area contributed by atoms with Crippen LogP contribution in [0.15, 0.2) is 54.6 Å². The SMILES string of the molecule is CN(CCNC(=O)N[C@@H]1CC(=O)N(c2cccc(F)c2)C1)Cc1ccccc1. The zero-order valence-electron chi connectivity index (χ0n) is 15.9. The second kappa shape index (κ2) is 9.32. The highest BCUT2D eigenvalue weighted by molar-refractivity contribution is 5.96. The van der Waals surface area contributed by atoms with Crippen molar-refractivity contribution in [3.8, 4) is 0 Å². The maximum absolute atomic E-state index is 13.4. The molecule has 28 heavy (non-hydrogen) atoms. The number of hydrogen-bond acceptors (Lipinski definition) is 3. The van der Waals surface area contributed by atoms with E-state index < -0.39 is 0 Å². The van der Waals surface area contributed by atoms with E-state index in [0.717, 1.165) is 6.54 Å². The van der Waals surface area contributed by atoms with Gasteiger partial charge in [-0.1, -0.05) is 36.4 Å². The monoisotopic (exact) mass is 384 g/mol. The van der Waals surface area contributed by atoms with Crippen LogP contribution in [0.1, 0.15) is 12.0 Å². The van der Waals surface area contributed by atoms with E-state index in [1.54, 1.807) is 12.1 Å². The summed E-state index contributed by atoms with van der Waals surface area (Å²) in [4.78, 5) is 27.9. The Morgan fingerprint density at radius 3 is 2.75 bits per heavy atom. The van der Waals surface area contributed by atoms with Gasteiger partial charge >= 0.3 is 6.03 Å². The number of carbonyl (C=O) groups excluding carboxylic acids is 2. The molecule has 1 aliphatic heterocycles. The first kappa shape index (κ1) is 19.8. The molecule has 2 N–H and O–H groups in total. The topological polar surface area (TPSA) is 64.7 Å². The van der Waals surface area contributed by atoms with Crippen LogP contribution in [0, 0.1) is 5.82 Å². The first-order chi connectivity index (χ1) is 13.5. The fraction of sp³-hybridized carbons (Fsp3) is 0.333. The van der Waals surface area contributed by atoms with Crippen molar-refractivity contribution in [3.05, 3.63) is 66.0 Å². The Hall–Kier alpha value is -2.93. The standard InChI is InChI=1S/C21H25FN4O2/c1-25(14-16-6-3-2-4-7-16)11-10-23-21(28)24-18-13-20(27)26(15-18)19-9-5-8-17(22)12-19/h2-9,12,18H,10-11,13-15H2,1H3,(H2,23,24,28)/t18-/m1/s1. The summed E-state index contributed by atoms with van der Waals surface area (Å²) >= 11 is 0. The fourth-order valence-corrected chi connectivity index (χ4v) is 3.27. The Morgan fingerprint density at radius 2 is 2.00 bits per heavy atom. The lowest BCUT2D eigenvalue weighted by Crippen LogP contribution is -2.45. The van der Waals surface area contributed by atoms with Crippen molar-refractivity contribution in [2.45, 2.75) is 19.0 Å². The number of rotatable bonds is 7. The molecule has 0 saturated carbocycles. The molecule has 0 aromatic heterocycles. The van der Waals surface area contributed by atoms with Crippen molar-refractivity contribution < 1.29 is 14.0 Å². The minimum absolute atomic E-state index is 0.126. The van der Waals surface area contributed by atoms with Gasteiger partial charge < -0.3 is 20.4 Å². The Labute approximate surface area is 164 Å². The summed E-state index contributed by atoms with van der Waals surface area (Å²) in [6.45, 7) is 2.36. The third-order valence-corrected chi connectivity index (χ3v) is 4.65. The van der Waals surface area contributed by atoms with Crippen LogP contribution in [0.5, 0.6) is 0 Å². The highest BCUT2D eigenvalue weighted by atomic mass is 19.1. The van der Waals surface area contributed by atoms with Gasteiger partial charge in [-0.15, -0.1) is 0 Å². The van der Waals surface area contributed by atoms with Gasteiger partial charge in [-0.3, -0.25) is 4.79 Å². The maximum atomic E-state index is 13.4. The molecular formula is C21H25FN4O2.